The molecule has 0 saturated carbocycles. The molecule has 0 unspecified atom stereocenters. The molecule has 0 amide bonds. The van der Waals surface area contributed by atoms with Crippen molar-refractivity contribution in [1.82, 2.24) is 0 Å². The van der Waals surface area contributed by atoms with E-state index in [1.807, 2.05) is 0 Å². The lowest BCUT2D eigenvalue weighted by Crippen LogP contribution is -2.38. The molecule has 4 nitrogen and oxygen atoms in total. The van der Waals surface area contributed by atoms with E-state index in [2.05, 4.69) is 0 Å². The quantitative estimate of drug-likeness (QED) is 0.594. The van der Waals surface area contributed by atoms with Crippen LogP contribution in [0.2, 0.25) is 10.0 Å². The van der Waals surface area contributed by atoms with Crippen LogP contribution in [0.3, 0.4) is 0 Å². The van der Waals surface area contributed by atoms with Gasteiger partial charge >= 0.3 is 5.97 Å². The Bertz CT molecular complexity index is 492. The molecule has 6 heteroatoms. The maximum atomic E-state index is 12.0. The third kappa shape index (κ3) is 4.39. The number of carbonyl (C=O) groups excluding carboxylic acids is 2. The van der Waals surface area contributed by atoms with Crippen LogP contribution in [0.25, 0.3) is 0 Å². The lowest BCUT2D eigenvalue weighted by molar-refractivity contribution is -0.158. The maximum Gasteiger partial charge on any atom is 0.319 e. The van der Waals surface area contributed by atoms with Crippen molar-refractivity contribution in [2.75, 3.05) is 13.2 Å². The minimum Gasteiger partial charge on any atom is -0.486 e. The number of ether oxygens (including phenoxy) is 2. The second kappa shape index (κ2) is 6.95. The van der Waals surface area contributed by atoms with E-state index in [0.29, 0.717) is 15.8 Å². The Labute approximate surface area is 128 Å². The second-order valence-corrected chi connectivity index (χ2v) is 5.54. The van der Waals surface area contributed by atoms with Crippen LogP contribution in [0.4, 0.5) is 0 Å². The van der Waals surface area contributed by atoms with E-state index in [1.165, 1.54) is 26.0 Å². The largest absolute Gasteiger partial charge is 0.486 e. The zero-order valence-electron chi connectivity index (χ0n) is 11.5. The summed E-state index contributed by atoms with van der Waals surface area (Å²) in [6, 6.07) is 4.64. The van der Waals surface area contributed by atoms with Crippen molar-refractivity contribution in [3.05, 3.63) is 28.2 Å². The van der Waals surface area contributed by atoms with Crippen molar-refractivity contribution in [3.8, 4) is 5.75 Å². The summed E-state index contributed by atoms with van der Waals surface area (Å²) in [7, 11) is 0. The van der Waals surface area contributed by atoms with E-state index in [9.17, 15) is 9.59 Å². The fourth-order valence-electron chi connectivity index (χ4n) is 1.37. The summed E-state index contributed by atoms with van der Waals surface area (Å²) >= 11 is 11.6. The summed E-state index contributed by atoms with van der Waals surface area (Å²) < 4.78 is 10.2. The van der Waals surface area contributed by atoms with Gasteiger partial charge in [-0.2, -0.15) is 0 Å². The van der Waals surface area contributed by atoms with Crippen LogP contribution in [-0.2, 0) is 14.3 Å². The van der Waals surface area contributed by atoms with Gasteiger partial charge in [-0.3, -0.25) is 9.59 Å². The molecule has 1 rings (SSSR count). The number of halogens is 2. The number of carbonyl (C=O) groups is 2. The van der Waals surface area contributed by atoms with Gasteiger partial charge in [0.2, 0.25) is 0 Å². The molecule has 20 heavy (non-hydrogen) atoms. The van der Waals surface area contributed by atoms with Crippen LogP contribution in [0.1, 0.15) is 20.8 Å². The first-order chi connectivity index (χ1) is 9.27. The Kier molecular flexibility index (Phi) is 5.84. The highest BCUT2D eigenvalue weighted by Crippen LogP contribution is 2.25. The molecular formula is C14H16Cl2O4. The number of Topliss-reactive ketones (excluding diaryl/α,β-unsaturated/α-hetero) is 1. The molecule has 0 saturated heterocycles. The van der Waals surface area contributed by atoms with E-state index < -0.39 is 11.4 Å². The van der Waals surface area contributed by atoms with Gasteiger partial charge < -0.3 is 9.47 Å². The highest BCUT2D eigenvalue weighted by Gasteiger charge is 2.37. The highest BCUT2D eigenvalue weighted by molar-refractivity contribution is 6.34. The number of hydrogen-bond donors (Lipinski definition) is 0. The fourth-order valence-corrected chi connectivity index (χ4v) is 1.87. The van der Waals surface area contributed by atoms with Crippen molar-refractivity contribution in [2.45, 2.75) is 20.8 Å². The first-order valence-electron chi connectivity index (χ1n) is 6.06. The van der Waals surface area contributed by atoms with Gasteiger partial charge in [-0.1, -0.05) is 23.2 Å². The van der Waals surface area contributed by atoms with Crippen LogP contribution in [-0.4, -0.2) is 25.0 Å². The van der Waals surface area contributed by atoms with Gasteiger partial charge in [0.1, 0.15) is 17.8 Å². The van der Waals surface area contributed by atoms with E-state index in [4.69, 9.17) is 32.7 Å². The number of hydrogen-bond acceptors (Lipinski definition) is 4. The Morgan fingerprint density at radius 3 is 2.20 bits per heavy atom. The summed E-state index contributed by atoms with van der Waals surface area (Å²) in [5.41, 5.74) is -1.25. The fraction of sp³-hybridized carbons (Fsp3) is 0.429. The lowest BCUT2D eigenvalue weighted by atomic mass is 9.88. The molecule has 0 fully saturated rings. The smallest absolute Gasteiger partial charge is 0.319 e. The Morgan fingerprint density at radius 1 is 1.15 bits per heavy atom. The monoisotopic (exact) mass is 318 g/mol. The topological polar surface area (TPSA) is 52.6 Å². The average molecular weight is 319 g/mol. The predicted molar refractivity (Wildman–Crippen MR) is 77.4 cm³/mol. The average Bonchev–Trinajstić information content (AvgIpc) is 2.34. The van der Waals surface area contributed by atoms with Crippen molar-refractivity contribution in [1.29, 1.82) is 0 Å². The third-order valence-corrected chi connectivity index (χ3v) is 3.13. The molecule has 1 aromatic rings. The molecule has 0 aliphatic rings. The number of rotatable bonds is 6. The summed E-state index contributed by atoms with van der Waals surface area (Å²) in [6.07, 6.45) is 0. The molecule has 0 aromatic heterocycles. The van der Waals surface area contributed by atoms with Crippen LogP contribution in [0, 0.1) is 5.41 Å². The van der Waals surface area contributed by atoms with Crippen LogP contribution in [0.5, 0.6) is 5.75 Å². The summed E-state index contributed by atoms with van der Waals surface area (Å²) in [5.74, 6) is -0.583. The number of benzene rings is 1. The van der Waals surface area contributed by atoms with Crippen molar-refractivity contribution < 1.29 is 19.1 Å². The molecule has 0 aliphatic heterocycles. The molecule has 110 valence electrons. The van der Waals surface area contributed by atoms with E-state index in [0.717, 1.165) is 0 Å². The zero-order chi connectivity index (χ0) is 15.3. The lowest BCUT2D eigenvalue weighted by Gasteiger charge is -2.20. The zero-order valence-corrected chi connectivity index (χ0v) is 13.0. The standard InChI is InChI=1S/C14H16Cl2O4/c1-4-19-13(18)14(2,3)12(17)8-20-11-6-9(15)5-10(16)7-11/h5-7H,4,8H2,1-3H3. The molecule has 0 radical (unpaired) electrons. The summed E-state index contributed by atoms with van der Waals surface area (Å²) in [4.78, 5) is 23.7. The number of esters is 1. The van der Waals surface area contributed by atoms with Gasteiger partial charge in [0.05, 0.1) is 6.61 Å². The molecule has 1 aromatic carbocycles. The van der Waals surface area contributed by atoms with Gasteiger partial charge in [-0.25, -0.2) is 0 Å². The van der Waals surface area contributed by atoms with Crippen molar-refractivity contribution in [3.63, 3.8) is 0 Å². The first-order valence-corrected chi connectivity index (χ1v) is 6.82. The number of ketones is 1. The molecule has 0 atom stereocenters. The molecule has 0 N–H and O–H groups in total. The SMILES string of the molecule is CCOC(=O)C(C)(C)C(=O)COc1cc(Cl)cc(Cl)c1. The van der Waals surface area contributed by atoms with Gasteiger partial charge in [-0.05, 0) is 39.0 Å². The minimum atomic E-state index is -1.25. The predicted octanol–water partition coefficient (Wildman–Crippen LogP) is 3.53. The van der Waals surface area contributed by atoms with Gasteiger partial charge in [0.25, 0.3) is 0 Å². The van der Waals surface area contributed by atoms with Gasteiger partial charge in [-0.15, -0.1) is 0 Å². The summed E-state index contributed by atoms with van der Waals surface area (Å²) in [6.45, 7) is 4.65. The van der Waals surface area contributed by atoms with E-state index in [-0.39, 0.29) is 19.0 Å². The highest BCUT2D eigenvalue weighted by atomic mass is 35.5. The van der Waals surface area contributed by atoms with E-state index in [1.54, 1.807) is 13.0 Å². The van der Waals surface area contributed by atoms with Gasteiger partial charge in [0, 0.05) is 10.0 Å². The normalized spacial score (nSPS) is 11.1. The molecule has 0 heterocycles. The molecular weight excluding hydrogens is 303 g/mol. The van der Waals surface area contributed by atoms with Crippen molar-refractivity contribution >= 4 is 35.0 Å². The van der Waals surface area contributed by atoms with Crippen molar-refractivity contribution in [2.24, 2.45) is 5.41 Å². The second-order valence-electron chi connectivity index (χ2n) is 4.66. The Balaban J connectivity index is 2.69. The molecule has 0 spiro atoms. The minimum absolute atomic E-state index is 0.223. The Hall–Kier alpha value is -1.26. The van der Waals surface area contributed by atoms with Crippen LogP contribution >= 0.6 is 23.2 Å². The van der Waals surface area contributed by atoms with Crippen LogP contribution < -0.4 is 4.74 Å². The molecule has 0 bridgehead atoms. The third-order valence-electron chi connectivity index (χ3n) is 2.69. The van der Waals surface area contributed by atoms with E-state index >= 15 is 0 Å². The van der Waals surface area contributed by atoms with Gasteiger partial charge in [0.15, 0.2) is 5.78 Å². The Morgan fingerprint density at radius 2 is 1.70 bits per heavy atom. The first kappa shape index (κ1) is 16.8. The molecule has 0 aliphatic carbocycles. The summed E-state index contributed by atoms with van der Waals surface area (Å²) in [5, 5.41) is 0.814. The maximum absolute atomic E-state index is 12.0. The van der Waals surface area contributed by atoms with Crippen LogP contribution in [0.15, 0.2) is 18.2 Å².